The lowest BCUT2D eigenvalue weighted by molar-refractivity contribution is 0.0969. The van der Waals surface area contributed by atoms with Crippen molar-refractivity contribution in [2.45, 2.75) is 65.5 Å². The van der Waals surface area contributed by atoms with Crippen molar-refractivity contribution in [3.63, 3.8) is 0 Å². The van der Waals surface area contributed by atoms with Crippen LogP contribution in [0.15, 0.2) is 11.1 Å². The summed E-state index contributed by atoms with van der Waals surface area (Å²) in [6.07, 6.45) is 7.10. The van der Waals surface area contributed by atoms with Crippen molar-refractivity contribution in [1.82, 2.24) is 19.2 Å². The lowest BCUT2D eigenvalue weighted by Gasteiger charge is -2.33. The number of aryl methyl sites for hydroxylation is 1. The molecule has 0 radical (unpaired) electrons. The highest BCUT2D eigenvalue weighted by molar-refractivity contribution is 7.18. The summed E-state index contributed by atoms with van der Waals surface area (Å²) in [5.74, 6) is 1.29. The molecule has 1 aliphatic carbocycles. The van der Waals surface area contributed by atoms with Gasteiger partial charge in [0.2, 0.25) is 5.78 Å². The van der Waals surface area contributed by atoms with Gasteiger partial charge in [-0.05, 0) is 49.0 Å². The monoisotopic (exact) mass is 386 g/mol. The van der Waals surface area contributed by atoms with Crippen molar-refractivity contribution in [2.24, 2.45) is 11.3 Å². The number of rotatable bonds is 2. The zero-order valence-corrected chi connectivity index (χ0v) is 17.0. The van der Waals surface area contributed by atoms with Crippen LogP contribution in [0.2, 0.25) is 0 Å². The van der Waals surface area contributed by atoms with Gasteiger partial charge in [-0.25, -0.2) is 0 Å². The number of ether oxygens (including phenoxy) is 1. The Morgan fingerprint density at radius 1 is 1.33 bits per heavy atom. The molecule has 1 saturated heterocycles. The zero-order chi connectivity index (χ0) is 18.8. The van der Waals surface area contributed by atoms with Crippen LogP contribution in [0.4, 0.5) is 0 Å². The van der Waals surface area contributed by atoms with Crippen molar-refractivity contribution >= 4 is 27.3 Å². The van der Waals surface area contributed by atoms with Gasteiger partial charge in [0.25, 0.3) is 5.56 Å². The molecular formula is C20H26N4O2S. The minimum Gasteiger partial charge on any atom is -0.376 e. The van der Waals surface area contributed by atoms with Crippen LogP contribution in [-0.2, 0) is 24.1 Å². The molecule has 0 spiro atoms. The molecular weight excluding hydrogens is 360 g/mol. The molecule has 2 aliphatic rings. The van der Waals surface area contributed by atoms with E-state index < -0.39 is 0 Å². The smallest absolute Gasteiger partial charge is 0.264 e. The summed E-state index contributed by atoms with van der Waals surface area (Å²) in [6.45, 7) is 8.31. The van der Waals surface area contributed by atoms with Crippen LogP contribution in [0.1, 0.15) is 50.5 Å². The summed E-state index contributed by atoms with van der Waals surface area (Å²) in [7, 11) is 0. The third-order valence-corrected chi connectivity index (χ3v) is 7.58. The third-order valence-electron chi connectivity index (χ3n) is 6.33. The molecule has 0 amide bonds. The molecule has 144 valence electrons. The molecule has 0 saturated carbocycles. The lowest BCUT2D eigenvalue weighted by Crippen LogP contribution is -2.29. The number of thiophene rings is 1. The molecule has 7 heteroatoms. The van der Waals surface area contributed by atoms with E-state index in [-0.39, 0.29) is 11.7 Å². The molecule has 1 fully saturated rings. The topological polar surface area (TPSA) is 61.4 Å². The summed E-state index contributed by atoms with van der Waals surface area (Å²) in [6, 6.07) is 0. The van der Waals surface area contributed by atoms with Crippen LogP contribution in [0.25, 0.3) is 16.0 Å². The van der Waals surface area contributed by atoms with Gasteiger partial charge in [0, 0.05) is 11.5 Å². The van der Waals surface area contributed by atoms with E-state index in [0.29, 0.717) is 23.7 Å². The molecule has 5 rings (SSSR count). The third kappa shape index (κ3) is 2.74. The predicted octanol–water partition coefficient (Wildman–Crippen LogP) is 3.44. The first-order valence-electron chi connectivity index (χ1n) is 9.92. The first-order chi connectivity index (χ1) is 12.9. The van der Waals surface area contributed by atoms with Gasteiger partial charge >= 0.3 is 0 Å². The van der Waals surface area contributed by atoms with Crippen molar-refractivity contribution in [3.8, 4) is 0 Å². The molecule has 0 aromatic carbocycles. The summed E-state index contributed by atoms with van der Waals surface area (Å²) in [5, 5.41) is 9.25. The number of fused-ring (bicyclic) bond motifs is 5. The summed E-state index contributed by atoms with van der Waals surface area (Å²) < 4.78 is 9.57. The van der Waals surface area contributed by atoms with Gasteiger partial charge in [-0.15, -0.1) is 21.5 Å². The second-order valence-corrected chi connectivity index (χ2v) is 10.1. The summed E-state index contributed by atoms with van der Waals surface area (Å²) >= 11 is 1.76. The van der Waals surface area contributed by atoms with Crippen molar-refractivity contribution in [1.29, 1.82) is 0 Å². The highest BCUT2D eigenvalue weighted by Gasteiger charge is 2.32. The normalized spacial score (nSPS) is 23.4. The quantitative estimate of drug-likeness (QED) is 0.677. The fourth-order valence-corrected chi connectivity index (χ4v) is 6.02. The van der Waals surface area contributed by atoms with Crippen LogP contribution in [-0.4, -0.2) is 31.9 Å². The Hall–Kier alpha value is -1.73. The van der Waals surface area contributed by atoms with E-state index >= 15 is 0 Å². The highest BCUT2D eigenvalue weighted by Crippen LogP contribution is 2.42. The first-order valence-corrected chi connectivity index (χ1v) is 10.7. The van der Waals surface area contributed by atoms with Gasteiger partial charge in [0.05, 0.1) is 18.0 Å². The first kappa shape index (κ1) is 17.4. The predicted molar refractivity (Wildman–Crippen MR) is 107 cm³/mol. The van der Waals surface area contributed by atoms with Gasteiger partial charge in [-0.2, -0.15) is 0 Å². The van der Waals surface area contributed by atoms with E-state index in [1.165, 1.54) is 10.4 Å². The molecule has 27 heavy (non-hydrogen) atoms. The maximum Gasteiger partial charge on any atom is 0.264 e. The van der Waals surface area contributed by atoms with Crippen LogP contribution < -0.4 is 5.56 Å². The highest BCUT2D eigenvalue weighted by atomic mass is 32.1. The molecule has 0 bridgehead atoms. The largest absolute Gasteiger partial charge is 0.376 e. The molecule has 1 aliphatic heterocycles. The zero-order valence-electron chi connectivity index (χ0n) is 16.2. The van der Waals surface area contributed by atoms with Gasteiger partial charge in [-0.3, -0.25) is 13.8 Å². The molecule has 6 nitrogen and oxygen atoms in total. The minimum atomic E-state index is 0.0766. The van der Waals surface area contributed by atoms with E-state index in [4.69, 9.17) is 4.74 Å². The lowest BCUT2D eigenvalue weighted by atomic mass is 9.72. The second-order valence-electron chi connectivity index (χ2n) is 9.04. The Labute approximate surface area is 162 Å². The van der Waals surface area contributed by atoms with Crippen LogP contribution in [0.3, 0.4) is 0 Å². The minimum absolute atomic E-state index is 0.0766. The maximum atomic E-state index is 13.5. The van der Waals surface area contributed by atoms with E-state index in [9.17, 15) is 4.79 Å². The SMILES string of the molecule is CC(C)(C)C1CCc2c(sc3c2c(=O)n(CC2CCCO2)c2nncn32)C1. The van der Waals surface area contributed by atoms with Gasteiger partial charge in [-0.1, -0.05) is 20.8 Å². The van der Waals surface area contributed by atoms with E-state index in [2.05, 4.69) is 31.0 Å². The van der Waals surface area contributed by atoms with E-state index in [1.807, 2.05) is 4.40 Å². The number of nitrogens with zero attached hydrogens (tertiary/aromatic N) is 4. The van der Waals surface area contributed by atoms with Crippen molar-refractivity contribution < 1.29 is 4.74 Å². The summed E-state index contributed by atoms with van der Waals surface area (Å²) in [5.41, 5.74) is 1.63. The van der Waals surface area contributed by atoms with Crippen LogP contribution >= 0.6 is 11.3 Å². The molecule has 2 atom stereocenters. The van der Waals surface area contributed by atoms with E-state index in [1.54, 1.807) is 22.2 Å². The maximum absolute atomic E-state index is 13.5. The van der Waals surface area contributed by atoms with Crippen LogP contribution in [0, 0.1) is 11.3 Å². The molecule has 3 aromatic rings. The number of aromatic nitrogens is 4. The van der Waals surface area contributed by atoms with Crippen molar-refractivity contribution in [2.75, 3.05) is 6.61 Å². The summed E-state index contributed by atoms with van der Waals surface area (Å²) in [4.78, 5) is 15.8. The number of hydrogen-bond donors (Lipinski definition) is 0. The Morgan fingerprint density at radius 2 is 2.19 bits per heavy atom. The van der Waals surface area contributed by atoms with Gasteiger partial charge < -0.3 is 4.74 Å². The van der Waals surface area contributed by atoms with Gasteiger partial charge in [0.15, 0.2) is 0 Å². The standard InChI is InChI=1S/C20H26N4O2S/c1-20(2,3)12-6-7-14-15(9-12)27-18-16(14)17(25)23(10-13-5-4-8-26-13)19-22-21-11-24(18)19/h11-13H,4-10H2,1-3H3. The number of hydrogen-bond acceptors (Lipinski definition) is 5. The Balaban J connectivity index is 1.68. The Morgan fingerprint density at radius 3 is 2.93 bits per heavy atom. The molecule has 3 aromatic heterocycles. The second kappa shape index (κ2) is 6.14. The Bertz CT molecular complexity index is 1070. The van der Waals surface area contributed by atoms with Crippen LogP contribution in [0.5, 0.6) is 0 Å². The Kier molecular flexibility index (Phi) is 3.95. The fraction of sp³-hybridized carbons (Fsp3) is 0.650. The molecule has 2 unspecified atom stereocenters. The molecule has 0 N–H and O–H groups in total. The van der Waals surface area contributed by atoms with Crippen molar-refractivity contribution in [3.05, 3.63) is 27.1 Å². The van der Waals surface area contributed by atoms with E-state index in [0.717, 1.165) is 48.9 Å². The van der Waals surface area contributed by atoms with Gasteiger partial charge in [0.1, 0.15) is 11.2 Å². The molecule has 4 heterocycles. The average molecular weight is 387 g/mol. The average Bonchev–Trinajstić information content (AvgIpc) is 3.35. The fourth-order valence-electron chi connectivity index (χ4n) is 4.64.